The van der Waals surface area contributed by atoms with Gasteiger partial charge in [-0.05, 0) is 149 Å². The zero-order valence-electron chi connectivity index (χ0n) is 32.7. The second-order valence-corrected chi connectivity index (χ2v) is 18.9. The molecule has 0 bridgehead atoms. The van der Waals surface area contributed by atoms with Gasteiger partial charge in [0.15, 0.2) is 0 Å². The zero-order chi connectivity index (χ0) is 37.6. The Morgan fingerprint density at radius 3 is 2.22 bits per heavy atom. The quantitative estimate of drug-likeness (QED) is 0.266. The Morgan fingerprint density at radius 2 is 1.52 bits per heavy atom. The van der Waals surface area contributed by atoms with E-state index in [2.05, 4.69) is 87.6 Å². The van der Waals surface area contributed by atoms with E-state index in [0.717, 1.165) is 37.7 Å². The molecule has 0 heterocycles. The van der Waals surface area contributed by atoms with Crippen LogP contribution in [0.2, 0.25) is 0 Å². The average Bonchev–Trinajstić information content (AvgIpc) is 3.72. The summed E-state index contributed by atoms with van der Waals surface area (Å²) in [4.78, 5) is 25.9. The lowest BCUT2D eigenvalue weighted by molar-refractivity contribution is -0.172. The molecule has 3 unspecified atom stereocenters. The Bertz CT molecular complexity index is 1990. The number of hydrogen-bond donors (Lipinski definition) is 1. The fourth-order valence-electron chi connectivity index (χ4n) is 14.3. The van der Waals surface area contributed by atoms with Gasteiger partial charge in [-0.15, -0.1) is 0 Å². The van der Waals surface area contributed by atoms with Gasteiger partial charge in [-0.3, -0.25) is 0 Å². The zero-order valence-corrected chi connectivity index (χ0v) is 32.7. The van der Waals surface area contributed by atoms with Crippen molar-refractivity contribution in [2.45, 2.75) is 103 Å². The van der Waals surface area contributed by atoms with Gasteiger partial charge in [-0.2, -0.15) is 0 Å². The predicted octanol–water partition coefficient (Wildman–Crippen LogP) is 11.4. The molecular weight excluding hydrogens is 674 g/mol. The van der Waals surface area contributed by atoms with E-state index in [1.807, 2.05) is 6.07 Å². The van der Waals surface area contributed by atoms with Crippen molar-refractivity contribution < 1.29 is 23.5 Å². The van der Waals surface area contributed by atoms with Gasteiger partial charge in [0.1, 0.15) is 12.4 Å². The number of halogens is 1. The second-order valence-electron chi connectivity index (χ2n) is 18.9. The Hall–Kier alpha value is -3.93. The fourth-order valence-corrected chi connectivity index (χ4v) is 14.3. The second kappa shape index (κ2) is 12.8. The molecule has 0 saturated heterocycles. The first-order valence-corrected chi connectivity index (χ1v) is 20.6. The molecule has 6 aliphatic rings. The van der Waals surface area contributed by atoms with Gasteiger partial charge in [0, 0.05) is 11.5 Å². The number of carbonyl (C=O) groups excluding carboxylic acids is 2. The van der Waals surface area contributed by atoms with Crippen LogP contribution < -0.4 is 5.32 Å². The average molecular weight is 730 g/mol. The van der Waals surface area contributed by atoms with Crippen LogP contribution in [-0.4, -0.2) is 31.3 Å². The molecule has 54 heavy (non-hydrogen) atoms. The van der Waals surface area contributed by atoms with Crippen LogP contribution in [0, 0.1) is 51.7 Å². The summed E-state index contributed by atoms with van der Waals surface area (Å²) >= 11 is 0. The van der Waals surface area contributed by atoms with Gasteiger partial charge in [0.25, 0.3) is 0 Å². The highest BCUT2D eigenvalue weighted by Crippen LogP contribution is 2.72. The van der Waals surface area contributed by atoms with E-state index < -0.39 is 11.8 Å². The molecule has 1 amide bonds. The first-order valence-electron chi connectivity index (χ1n) is 20.6. The molecule has 3 aromatic carbocycles. The smallest absolute Gasteiger partial charge is 0.407 e. The van der Waals surface area contributed by atoms with Crippen molar-refractivity contribution in [2.75, 3.05) is 13.7 Å². The molecule has 4 fully saturated rings. The lowest BCUT2D eigenvalue weighted by Gasteiger charge is -2.68. The normalized spacial score (nSPS) is 34.6. The Kier molecular flexibility index (Phi) is 8.48. The summed E-state index contributed by atoms with van der Waals surface area (Å²) < 4.78 is 26.1. The van der Waals surface area contributed by atoms with Crippen LogP contribution >= 0.6 is 0 Å². The first kappa shape index (κ1) is 35.8. The van der Waals surface area contributed by atoms with Gasteiger partial charge < -0.3 is 14.8 Å². The maximum absolute atomic E-state index is 15.2. The number of nitrogens with one attached hydrogen (secondary N) is 1. The maximum atomic E-state index is 15.2. The lowest BCUT2D eigenvalue weighted by Crippen LogP contribution is -2.64. The van der Waals surface area contributed by atoms with Crippen molar-refractivity contribution in [3.8, 4) is 11.1 Å². The minimum atomic E-state index is -0.642. The summed E-state index contributed by atoms with van der Waals surface area (Å²) in [6.45, 7) is 10.3. The maximum Gasteiger partial charge on any atom is 0.407 e. The largest absolute Gasteiger partial charge is 0.465 e. The summed E-state index contributed by atoms with van der Waals surface area (Å²) in [6, 6.07) is 22.1. The van der Waals surface area contributed by atoms with Crippen LogP contribution in [0.25, 0.3) is 16.7 Å². The van der Waals surface area contributed by atoms with Crippen molar-refractivity contribution in [3.63, 3.8) is 0 Å². The lowest BCUT2D eigenvalue weighted by atomic mass is 9.37. The monoisotopic (exact) mass is 729 g/mol. The van der Waals surface area contributed by atoms with E-state index in [0.29, 0.717) is 36.2 Å². The van der Waals surface area contributed by atoms with Gasteiger partial charge >= 0.3 is 12.1 Å². The van der Waals surface area contributed by atoms with Crippen molar-refractivity contribution in [1.29, 1.82) is 0 Å². The number of allylic oxidation sites excluding steroid dienone is 2. The van der Waals surface area contributed by atoms with Crippen LogP contribution in [0.15, 0.2) is 72.8 Å². The van der Waals surface area contributed by atoms with Crippen molar-refractivity contribution in [3.05, 3.63) is 101 Å². The van der Waals surface area contributed by atoms with Crippen LogP contribution in [0.3, 0.4) is 0 Å². The van der Waals surface area contributed by atoms with Gasteiger partial charge in [-0.25, -0.2) is 14.0 Å². The third-order valence-electron chi connectivity index (χ3n) is 16.5. The number of alkyl carbamates (subject to hydrolysis) is 1. The van der Waals surface area contributed by atoms with Crippen LogP contribution in [-0.2, 0) is 9.47 Å². The van der Waals surface area contributed by atoms with E-state index in [1.165, 1.54) is 73.1 Å². The topological polar surface area (TPSA) is 64.6 Å². The highest BCUT2D eigenvalue weighted by Gasteiger charge is 2.65. The van der Waals surface area contributed by atoms with Crippen molar-refractivity contribution in [2.24, 2.45) is 45.8 Å². The molecule has 6 aliphatic carbocycles. The highest BCUT2D eigenvalue weighted by atomic mass is 19.1. The summed E-state index contributed by atoms with van der Waals surface area (Å²) in [5, 5.41) is 3.56. The molecular formula is C48H56FNO4. The number of benzene rings is 3. The third-order valence-corrected chi connectivity index (χ3v) is 16.5. The number of esters is 1. The Labute approximate surface area is 320 Å². The molecule has 0 spiro atoms. The van der Waals surface area contributed by atoms with E-state index in [9.17, 15) is 9.59 Å². The molecule has 8 atom stereocenters. The Balaban J connectivity index is 0.916. The third kappa shape index (κ3) is 5.20. The van der Waals surface area contributed by atoms with Gasteiger partial charge in [-0.1, -0.05) is 94.8 Å². The van der Waals surface area contributed by atoms with Gasteiger partial charge in [0.2, 0.25) is 0 Å². The SMILES string of the molecule is COC(=O)c1ccc(C2=CC[C@@]3(C)C(CC[C@@]4(C)C5CC[C@@]6(NC(=O)OCC7c8ccccc8-c8ccccc87)CCC[C@@H]6[C@H]5CCC43)C2(C)C)cc1F. The van der Waals surface area contributed by atoms with Crippen LogP contribution in [0.5, 0.6) is 0 Å². The molecule has 0 aliphatic heterocycles. The fraction of sp³-hybridized carbons (Fsp3) is 0.542. The highest BCUT2D eigenvalue weighted by molar-refractivity contribution is 5.90. The number of fused-ring (bicyclic) bond motifs is 10. The number of methoxy groups -OCH3 is 1. The van der Waals surface area contributed by atoms with Crippen LogP contribution in [0.4, 0.5) is 9.18 Å². The molecule has 9 rings (SSSR count). The minimum Gasteiger partial charge on any atom is -0.465 e. The number of carbonyl (C=O) groups is 2. The molecule has 6 heteroatoms. The summed E-state index contributed by atoms with van der Waals surface area (Å²) in [7, 11) is 1.29. The van der Waals surface area contributed by atoms with E-state index in [4.69, 9.17) is 9.47 Å². The molecule has 3 aromatic rings. The summed E-state index contributed by atoms with van der Waals surface area (Å²) in [5.74, 6) is 1.77. The number of ether oxygens (including phenoxy) is 2. The summed E-state index contributed by atoms with van der Waals surface area (Å²) in [5.41, 5.74) is 7.14. The molecule has 284 valence electrons. The van der Waals surface area contributed by atoms with E-state index in [-0.39, 0.29) is 39.4 Å². The first-order chi connectivity index (χ1) is 25.9. The molecule has 0 aromatic heterocycles. The van der Waals surface area contributed by atoms with Crippen molar-refractivity contribution >= 4 is 17.6 Å². The Morgan fingerprint density at radius 1 is 0.796 bits per heavy atom. The van der Waals surface area contributed by atoms with Crippen LogP contribution in [0.1, 0.15) is 125 Å². The summed E-state index contributed by atoms with van der Waals surface area (Å²) in [6.07, 6.45) is 13.6. The molecule has 5 nitrogen and oxygen atoms in total. The predicted molar refractivity (Wildman–Crippen MR) is 210 cm³/mol. The molecule has 4 saturated carbocycles. The standard InChI is InChI=1S/C48H56FNO4/c1-45(2)37(29-16-17-35(40(49)27-29)43(51)53-5)20-24-47(4)41(45)22-25-46(3)38-21-26-48(23-10-15-39(48)34(38)18-19-42(46)47)50-44(52)54-28-36-32-13-8-6-11-30(32)31-12-7-9-14-33(31)36/h6-9,11-14,16-17,20,27,34,36,38-39,41-42H,10,15,18-19,21-26,28H2,1-5H3,(H,50,52)/t34-,38?,39+,41?,42?,46-,47-,48-/m0/s1. The number of amides is 1. The number of hydrogen-bond acceptors (Lipinski definition) is 4. The van der Waals surface area contributed by atoms with Crippen molar-refractivity contribution in [1.82, 2.24) is 5.32 Å². The number of rotatable bonds is 5. The van der Waals surface area contributed by atoms with E-state index >= 15 is 4.39 Å². The minimum absolute atomic E-state index is 0.0160. The molecule has 1 N–H and O–H groups in total. The van der Waals surface area contributed by atoms with E-state index in [1.54, 1.807) is 6.07 Å². The molecule has 0 radical (unpaired) electrons. The van der Waals surface area contributed by atoms with Gasteiger partial charge in [0.05, 0.1) is 12.7 Å².